The minimum Gasteiger partial charge on any atom is -0.355 e. The first kappa shape index (κ1) is 23.3. The summed E-state index contributed by atoms with van der Waals surface area (Å²) in [6.45, 7) is 2.49. The highest BCUT2D eigenvalue weighted by Crippen LogP contribution is 2.42. The lowest BCUT2D eigenvalue weighted by atomic mass is 10.0. The zero-order valence-corrected chi connectivity index (χ0v) is 19.7. The van der Waals surface area contributed by atoms with Crippen molar-refractivity contribution >= 4 is 40.9 Å². The number of halogens is 2. The van der Waals surface area contributed by atoms with E-state index >= 15 is 0 Å². The van der Waals surface area contributed by atoms with E-state index in [4.69, 9.17) is 11.6 Å². The number of carbonyl (C=O) groups is 2. The number of hydrogen-bond acceptors (Lipinski definition) is 3. The van der Waals surface area contributed by atoms with Gasteiger partial charge in [0, 0.05) is 16.5 Å². The molecule has 1 aliphatic rings. The second-order valence-electron chi connectivity index (χ2n) is 7.98. The first-order chi connectivity index (χ1) is 15.9. The van der Waals surface area contributed by atoms with Crippen LogP contribution in [0.5, 0.6) is 0 Å². The third kappa shape index (κ3) is 5.40. The summed E-state index contributed by atoms with van der Waals surface area (Å²) in [5, 5.41) is 2.66. The van der Waals surface area contributed by atoms with Crippen LogP contribution in [0.1, 0.15) is 18.1 Å². The Morgan fingerprint density at radius 2 is 1.85 bits per heavy atom. The van der Waals surface area contributed by atoms with E-state index in [0.717, 1.165) is 22.6 Å². The highest BCUT2D eigenvalue weighted by Gasteiger charge is 2.39. The van der Waals surface area contributed by atoms with E-state index in [1.165, 1.54) is 23.9 Å². The second-order valence-corrected chi connectivity index (χ2v) is 9.57. The highest BCUT2D eigenvalue weighted by molar-refractivity contribution is 8.01. The molecule has 0 unspecified atom stereocenters. The summed E-state index contributed by atoms with van der Waals surface area (Å²) in [6.07, 6.45) is 0.725. The Balaban J connectivity index is 1.50. The van der Waals surface area contributed by atoms with Crippen molar-refractivity contribution in [1.29, 1.82) is 0 Å². The summed E-state index contributed by atoms with van der Waals surface area (Å²) in [5.74, 6) is -1.28. The molecular weight excluding hydrogens is 459 g/mol. The van der Waals surface area contributed by atoms with Gasteiger partial charge in [-0.3, -0.25) is 9.59 Å². The summed E-state index contributed by atoms with van der Waals surface area (Å²) < 4.78 is 13.5. The predicted molar refractivity (Wildman–Crippen MR) is 131 cm³/mol. The molecule has 1 heterocycles. The first-order valence-corrected chi connectivity index (χ1v) is 12.0. The van der Waals surface area contributed by atoms with Gasteiger partial charge in [-0.1, -0.05) is 67.1 Å². The molecule has 2 atom stereocenters. The second kappa shape index (κ2) is 10.4. The fraction of sp³-hybridized carbons (Fsp3) is 0.231. The fourth-order valence-corrected chi connectivity index (χ4v) is 5.32. The number of carbonyl (C=O) groups excluding carboxylic acids is 2. The Bertz CT molecular complexity index is 1160. The molecule has 4 rings (SSSR count). The number of nitrogens with zero attached hydrogens (tertiary/aromatic N) is 1. The van der Waals surface area contributed by atoms with Gasteiger partial charge < -0.3 is 10.2 Å². The van der Waals surface area contributed by atoms with Crippen LogP contribution in [0.15, 0.2) is 77.7 Å². The molecule has 0 spiro atoms. The van der Waals surface area contributed by atoms with Crippen LogP contribution in [0, 0.1) is 11.7 Å². The molecule has 0 saturated heterocycles. The molecule has 3 aromatic rings. The smallest absolute Gasteiger partial charge is 0.241 e. The Morgan fingerprint density at radius 1 is 1.12 bits per heavy atom. The van der Waals surface area contributed by atoms with Crippen LogP contribution >= 0.6 is 23.4 Å². The summed E-state index contributed by atoms with van der Waals surface area (Å²) in [5.41, 5.74) is 2.55. The van der Waals surface area contributed by atoms with Gasteiger partial charge >= 0.3 is 0 Å². The molecule has 4 nitrogen and oxygen atoms in total. The molecule has 0 radical (unpaired) electrons. The van der Waals surface area contributed by atoms with E-state index in [2.05, 4.69) is 5.32 Å². The maximum Gasteiger partial charge on any atom is 0.241 e. The van der Waals surface area contributed by atoms with E-state index in [9.17, 15) is 14.0 Å². The number of para-hydroxylation sites is 1. The van der Waals surface area contributed by atoms with Crippen molar-refractivity contribution in [3.8, 4) is 0 Å². The van der Waals surface area contributed by atoms with Gasteiger partial charge in [0.2, 0.25) is 11.8 Å². The van der Waals surface area contributed by atoms with Crippen LogP contribution in [0.2, 0.25) is 5.02 Å². The van der Waals surface area contributed by atoms with Gasteiger partial charge in [0.15, 0.2) is 0 Å². The lowest BCUT2D eigenvalue weighted by molar-refractivity contribution is -0.128. The fourth-order valence-electron chi connectivity index (χ4n) is 3.81. The third-order valence-corrected chi connectivity index (χ3v) is 7.50. The van der Waals surface area contributed by atoms with Gasteiger partial charge in [0.05, 0.1) is 18.2 Å². The summed E-state index contributed by atoms with van der Waals surface area (Å²) >= 11 is 7.64. The van der Waals surface area contributed by atoms with Crippen LogP contribution in [0.25, 0.3) is 0 Å². The van der Waals surface area contributed by atoms with Crippen LogP contribution in [-0.4, -0.2) is 23.6 Å². The normalized spacial score (nSPS) is 16.3. The summed E-state index contributed by atoms with van der Waals surface area (Å²) in [6, 6.07) is 21.7. The number of rotatable bonds is 7. The SMILES string of the molecule is C[C@@H](C(=O)NCCc1ccccc1)[C@H]1Sc2ccccc2N(Cc2ccc(F)cc2Cl)C1=O. The van der Waals surface area contributed by atoms with E-state index in [0.29, 0.717) is 12.1 Å². The maximum atomic E-state index is 13.5. The zero-order chi connectivity index (χ0) is 23.4. The van der Waals surface area contributed by atoms with Gasteiger partial charge in [-0.05, 0) is 41.8 Å². The number of fused-ring (bicyclic) bond motifs is 1. The molecule has 33 heavy (non-hydrogen) atoms. The third-order valence-electron chi connectivity index (χ3n) is 5.69. The van der Waals surface area contributed by atoms with E-state index in [-0.39, 0.29) is 23.4 Å². The number of anilines is 1. The molecule has 2 amide bonds. The number of benzene rings is 3. The van der Waals surface area contributed by atoms with Gasteiger partial charge in [-0.15, -0.1) is 11.8 Å². The minimum absolute atomic E-state index is 0.157. The Labute approximate surface area is 202 Å². The van der Waals surface area contributed by atoms with E-state index in [1.54, 1.807) is 17.9 Å². The molecule has 0 fully saturated rings. The molecule has 0 saturated carbocycles. The molecule has 170 valence electrons. The molecule has 0 aromatic heterocycles. The van der Waals surface area contributed by atoms with Crippen molar-refractivity contribution in [2.24, 2.45) is 5.92 Å². The average molecular weight is 483 g/mol. The van der Waals surface area contributed by atoms with Gasteiger partial charge in [0.25, 0.3) is 0 Å². The molecule has 0 aliphatic carbocycles. The number of nitrogens with one attached hydrogen (secondary N) is 1. The number of thioether (sulfide) groups is 1. The van der Waals surface area contributed by atoms with Gasteiger partial charge in [-0.25, -0.2) is 4.39 Å². The minimum atomic E-state index is -0.573. The van der Waals surface area contributed by atoms with Crippen molar-refractivity contribution in [3.05, 3.63) is 94.8 Å². The van der Waals surface area contributed by atoms with E-state index < -0.39 is 17.0 Å². The number of amides is 2. The van der Waals surface area contributed by atoms with Gasteiger partial charge in [0.1, 0.15) is 11.1 Å². The number of hydrogen-bond donors (Lipinski definition) is 1. The Kier molecular flexibility index (Phi) is 7.36. The molecular formula is C26H24ClFN2O2S. The lowest BCUT2D eigenvalue weighted by Crippen LogP contribution is -2.47. The molecule has 1 aliphatic heterocycles. The molecule has 0 bridgehead atoms. The first-order valence-electron chi connectivity index (χ1n) is 10.8. The molecule has 7 heteroatoms. The largest absolute Gasteiger partial charge is 0.355 e. The topological polar surface area (TPSA) is 49.4 Å². The Hall–Kier alpha value is -2.83. The maximum absolute atomic E-state index is 13.5. The average Bonchev–Trinajstić information content (AvgIpc) is 2.82. The van der Waals surface area contributed by atoms with Crippen LogP contribution in [0.3, 0.4) is 0 Å². The molecule has 1 N–H and O–H groups in total. The van der Waals surface area contributed by atoms with E-state index in [1.807, 2.05) is 54.6 Å². The van der Waals surface area contributed by atoms with Crippen molar-refractivity contribution in [3.63, 3.8) is 0 Å². The van der Waals surface area contributed by atoms with Crippen molar-refractivity contribution < 1.29 is 14.0 Å². The van der Waals surface area contributed by atoms with Crippen molar-refractivity contribution in [2.45, 2.75) is 30.0 Å². The van der Waals surface area contributed by atoms with Gasteiger partial charge in [-0.2, -0.15) is 0 Å². The summed E-state index contributed by atoms with van der Waals surface area (Å²) in [7, 11) is 0. The monoisotopic (exact) mass is 482 g/mol. The predicted octanol–water partition coefficient (Wildman–Crippen LogP) is 5.48. The molecule has 3 aromatic carbocycles. The summed E-state index contributed by atoms with van der Waals surface area (Å²) in [4.78, 5) is 29.0. The Morgan fingerprint density at radius 3 is 2.61 bits per heavy atom. The quantitative estimate of drug-likeness (QED) is 0.485. The standard InChI is InChI=1S/C26H24ClFN2O2S/c1-17(25(31)29-14-13-18-7-3-2-4-8-18)24-26(32)30(22-9-5-6-10-23(22)33-24)16-19-11-12-20(28)15-21(19)27/h2-12,15,17,24H,13-14,16H2,1H3,(H,29,31)/t17-,24-/m1/s1. The van der Waals surface area contributed by atoms with Crippen molar-refractivity contribution in [2.75, 3.05) is 11.4 Å². The lowest BCUT2D eigenvalue weighted by Gasteiger charge is -2.36. The van der Waals surface area contributed by atoms with Crippen LogP contribution < -0.4 is 10.2 Å². The zero-order valence-electron chi connectivity index (χ0n) is 18.1. The van der Waals surface area contributed by atoms with Crippen molar-refractivity contribution in [1.82, 2.24) is 5.32 Å². The highest BCUT2D eigenvalue weighted by atomic mass is 35.5. The van der Waals surface area contributed by atoms with Crippen LogP contribution in [0.4, 0.5) is 10.1 Å². The van der Waals surface area contributed by atoms with Crippen LogP contribution in [-0.2, 0) is 22.6 Å².